The van der Waals surface area contributed by atoms with E-state index in [1.54, 1.807) is 11.7 Å². The maximum atomic E-state index is 11.3. The molecule has 2 heterocycles. The highest BCUT2D eigenvalue weighted by molar-refractivity contribution is 5.59. The number of hydrogen-bond donors (Lipinski definition) is 1. The third kappa shape index (κ3) is 3.93. The summed E-state index contributed by atoms with van der Waals surface area (Å²) in [6.07, 6.45) is 6.02. The molecule has 7 heteroatoms. The summed E-state index contributed by atoms with van der Waals surface area (Å²) in [5.41, 5.74) is 0.672. The average Bonchev–Trinajstić information content (AvgIpc) is 2.77. The molecule has 1 aromatic heterocycles. The van der Waals surface area contributed by atoms with Crippen LogP contribution in [0, 0.1) is 10.1 Å². The highest BCUT2D eigenvalue weighted by Gasteiger charge is 2.26. The minimum Gasteiger partial charge on any atom is -0.378 e. The van der Waals surface area contributed by atoms with Gasteiger partial charge in [0, 0.05) is 20.2 Å². The lowest BCUT2D eigenvalue weighted by molar-refractivity contribution is -0.384. The van der Waals surface area contributed by atoms with Crippen molar-refractivity contribution in [3.63, 3.8) is 0 Å². The molecule has 1 aromatic rings. The van der Waals surface area contributed by atoms with Gasteiger partial charge in [-0.3, -0.25) is 10.1 Å². The summed E-state index contributed by atoms with van der Waals surface area (Å²) in [7, 11) is 1.74. The van der Waals surface area contributed by atoms with Gasteiger partial charge in [0.1, 0.15) is 5.69 Å². The summed E-state index contributed by atoms with van der Waals surface area (Å²) in [6, 6.07) is 0. The van der Waals surface area contributed by atoms with Gasteiger partial charge in [-0.2, -0.15) is 5.10 Å². The summed E-state index contributed by atoms with van der Waals surface area (Å²) in [5.74, 6) is 0.499. The Morgan fingerprint density at radius 3 is 2.95 bits per heavy atom. The zero-order valence-electron chi connectivity index (χ0n) is 12.8. The molecule has 0 aromatic carbocycles. The van der Waals surface area contributed by atoms with Crippen LogP contribution < -0.4 is 5.32 Å². The van der Waals surface area contributed by atoms with Crippen LogP contribution in [0.15, 0.2) is 0 Å². The molecule has 0 spiro atoms. The van der Waals surface area contributed by atoms with Crippen LogP contribution in [0.2, 0.25) is 0 Å². The molecule has 0 radical (unpaired) electrons. The van der Waals surface area contributed by atoms with E-state index in [-0.39, 0.29) is 16.7 Å². The molecule has 2 rings (SSSR count). The van der Waals surface area contributed by atoms with Crippen LogP contribution >= 0.6 is 0 Å². The number of aryl methyl sites for hydroxylation is 2. The van der Waals surface area contributed by atoms with Gasteiger partial charge in [-0.25, -0.2) is 4.68 Å². The van der Waals surface area contributed by atoms with Crippen molar-refractivity contribution in [3.05, 3.63) is 15.8 Å². The second-order valence-corrected chi connectivity index (χ2v) is 5.48. The van der Waals surface area contributed by atoms with Gasteiger partial charge in [0.25, 0.3) is 0 Å². The van der Waals surface area contributed by atoms with Gasteiger partial charge in [0.05, 0.1) is 11.0 Å². The van der Waals surface area contributed by atoms with Gasteiger partial charge in [-0.1, -0.05) is 13.3 Å². The fourth-order valence-electron chi connectivity index (χ4n) is 2.75. The smallest absolute Gasteiger partial charge is 0.333 e. The van der Waals surface area contributed by atoms with E-state index < -0.39 is 0 Å². The maximum absolute atomic E-state index is 11.3. The topological polar surface area (TPSA) is 82.2 Å². The second-order valence-electron chi connectivity index (χ2n) is 5.48. The zero-order chi connectivity index (χ0) is 15.2. The lowest BCUT2D eigenvalue weighted by atomic mass is 10.1. The van der Waals surface area contributed by atoms with E-state index in [0.29, 0.717) is 24.5 Å². The standard InChI is InChI=1S/C14H24N4O3/c1-3-6-12-13(18(19)20)14(17(2)16-12)15-9-8-11-7-4-5-10-21-11/h11,15H,3-10H2,1-2H3. The normalized spacial score (nSPS) is 18.7. The number of nitro groups is 1. The van der Waals surface area contributed by atoms with Crippen molar-refractivity contribution in [2.45, 2.75) is 51.6 Å². The van der Waals surface area contributed by atoms with Crippen LogP contribution in [0.25, 0.3) is 0 Å². The first-order valence-corrected chi connectivity index (χ1v) is 7.69. The van der Waals surface area contributed by atoms with Gasteiger partial charge in [0.2, 0.25) is 5.82 Å². The first-order valence-electron chi connectivity index (χ1n) is 7.69. The number of aromatic nitrogens is 2. The lowest BCUT2D eigenvalue weighted by Gasteiger charge is -2.22. The van der Waals surface area contributed by atoms with Crippen molar-refractivity contribution in [1.82, 2.24) is 9.78 Å². The number of hydrogen-bond acceptors (Lipinski definition) is 5. The molecule has 7 nitrogen and oxygen atoms in total. The fraction of sp³-hybridized carbons (Fsp3) is 0.786. The second kappa shape index (κ2) is 7.40. The van der Waals surface area contributed by atoms with Crippen molar-refractivity contribution < 1.29 is 9.66 Å². The predicted octanol–water partition coefficient (Wildman–Crippen LogP) is 2.65. The maximum Gasteiger partial charge on any atom is 0.333 e. The van der Waals surface area contributed by atoms with Gasteiger partial charge in [-0.05, 0) is 32.1 Å². The van der Waals surface area contributed by atoms with E-state index in [0.717, 1.165) is 32.3 Å². The van der Waals surface area contributed by atoms with Crippen LogP contribution in [0.1, 0.15) is 44.7 Å². The summed E-state index contributed by atoms with van der Waals surface area (Å²) in [5, 5.41) is 18.7. The Labute approximate surface area is 124 Å². The summed E-state index contributed by atoms with van der Waals surface area (Å²) >= 11 is 0. The predicted molar refractivity (Wildman–Crippen MR) is 80.6 cm³/mol. The molecule has 118 valence electrons. The Morgan fingerprint density at radius 2 is 2.33 bits per heavy atom. The molecule has 21 heavy (non-hydrogen) atoms. The summed E-state index contributed by atoms with van der Waals surface area (Å²) in [6.45, 7) is 3.49. The monoisotopic (exact) mass is 296 g/mol. The fourth-order valence-corrected chi connectivity index (χ4v) is 2.75. The van der Waals surface area contributed by atoms with Crippen LogP contribution in [0.5, 0.6) is 0 Å². The van der Waals surface area contributed by atoms with E-state index in [2.05, 4.69) is 10.4 Å². The van der Waals surface area contributed by atoms with E-state index >= 15 is 0 Å². The van der Waals surface area contributed by atoms with E-state index in [1.165, 1.54) is 6.42 Å². The van der Waals surface area contributed by atoms with Crippen molar-refractivity contribution >= 4 is 11.5 Å². The molecule has 1 fully saturated rings. The molecule has 0 saturated carbocycles. The molecule has 1 atom stereocenters. The molecule has 1 aliphatic rings. The Hall–Kier alpha value is -1.63. The Balaban J connectivity index is 1.99. The number of anilines is 1. The highest BCUT2D eigenvalue weighted by atomic mass is 16.6. The summed E-state index contributed by atoms with van der Waals surface area (Å²) in [4.78, 5) is 10.9. The third-order valence-electron chi connectivity index (χ3n) is 3.79. The Bertz CT molecular complexity index is 481. The average molecular weight is 296 g/mol. The molecular weight excluding hydrogens is 272 g/mol. The molecule has 1 aliphatic heterocycles. The molecule has 1 unspecified atom stereocenters. The van der Waals surface area contributed by atoms with Crippen molar-refractivity contribution in [2.24, 2.45) is 7.05 Å². The van der Waals surface area contributed by atoms with Crippen molar-refractivity contribution in [2.75, 3.05) is 18.5 Å². The number of rotatable bonds is 7. The first-order chi connectivity index (χ1) is 10.1. The first kappa shape index (κ1) is 15.8. The van der Waals surface area contributed by atoms with Crippen molar-refractivity contribution in [3.8, 4) is 0 Å². The van der Waals surface area contributed by atoms with E-state index in [1.807, 2.05) is 6.92 Å². The number of nitrogens with one attached hydrogen (secondary N) is 1. The van der Waals surface area contributed by atoms with Crippen LogP contribution in [0.4, 0.5) is 11.5 Å². The molecule has 0 bridgehead atoms. The summed E-state index contributed by atoms with van der Waals surface area (Å²) < 4.78 is 7.25. The Kier molecular flexibility index (Phi) is 5.55. The van der Waals surface area contributed by atoms with Crippen LogP contribution in [0.3, 0.4) is 0 Å². The van der Waals surface area contributed by atoms with Crippen LogP contribution in [-0.4, -0.2) is 34.0 Å². The van der Waals surface area contributed by atoms with E-state index in [4.69, 9.17) is 4.74 Å². The lowest BCUT2D eigenvalue weighted by Crippen LogP contribution is -2.22. The number of nitrogens with zero attached hydrogens (tertiary/aromatic N) is 3. The molecule has 0 aliphatic carbocycles. The SMILES string of the molecule is CCCc1nn(C)c(NCCC2CCCCO2)c1[N+](=O)[O-]. The third-order valence-corrected chi connectivity index (χ3v) is 3.79. The van der Waals surface area contributed by atoms with Crippen LogP contribution in [-0.2, 0) is 18.2 Å². The van der Waals surface area contributed by atoms with Gasteiger partial charge in [0.15, 0.2) is 0 Å². The van der Waals surface area contributed by atoms with Gasteiger partial charge in [-0.15, -0.1) is 0 Å². The van der Waals surface area contributed by atoms with E-state index in [9.17, 15) is 10.1 Å². The van der Waals surface area contributed by atoms with Gasteiger partial charge < -0.3 is 10.1 Å². The Morgan fingerprint density at radius 1 is 1.52 bits per heavy atom. The largest absolute Gasteiger partial charge is 0.378 e. The van der Waals surface area contributed by atoms with Gasteiger partial charge >= 0.3 is 5.69 Å². The molecular formula is C14H24N4O3. The quantitative estimate of drug-likeness (QED) is 0.618. The van der Waals surface area contributed by atoms with Crippen molar-refractivity contribution in [1.29, 1.82) is 0 Å². The minimum absolute atomic E-state index is 0.115. The number of ether oxygens (including phenoxy) is 1. The molecule has 1 saturated heterocycles. The minimum atomic E-state index is -0.336. The molecule has 0 amide bonds. The zero-order valence-corrected chi connectivity index (χ0v) is 12.8. The highest BCUT2D eigenvalue weighted by Crippen LogP contribution is 2.29. The molecule has 1 N–H and O–H groups in total.